The van der Waals surface area contributed by atoms with E-state index in [0.29, 0.717) is 17.5 Å². The first-order chi connectivity index (χ1) is 19.1. The van der Waals surface area contributed by atoms with Crippen LogP contribution >= 0.6 is 24.0 Å². The van der Waals surface area contributed by atoms with Gasteiger partial charge < -0.3 is 20.7 Å². The molecule has 0 bridgehead atoms. The number of nitrogen functional groups attached to an aromatic ring is 1. The largest absolute Gasteiger partial charge is 0.497 e. The van der Waals surface area contributed by atoms with Gasteiger partial charge in [-0.2, -0.15) is 15.0 Å². The number of nitrogens with two attached hydrogens (primary N) is 1. The molecule has 1 fully saturated rings. The van der Waals surface area contributed by atoms with Crippen LogP contribution in [0.1, 0.15) is 23.0 Å². The molecule has 3 N–H and O–H groups in total. The molecule has 0 spiro atoms. The highest BCUT2D eigenvalue weighted by atomic mass is 32.2. The maximum absolute atomic E-state index is 5.97. The van der Waals surface area contributed by atoms with Gasteiger partial charge in [-0.1, -0.05) is 84.6 Å². The molecule has 5 rings (SSSR count). The Kier molecular flexibility index (Phi) is 8.87. The standard InChI is InChI=1S/C29H31N7OS2/c1-37-24-14-12-23(13-15-24)31-28-33-25(32-27(30)34-28)20-39-29(38)36-18-16-35(17-19-36)26(21-8-4-2-5-9-21)22-10-6-3-7-11-22/h2-15,26H,16-20H2,1H3,(H3,30,31,32,33,34). The van der Waals surface area contributed by atoms with Crippen LogP contribution in [0.25, 0.3) is 0 Å². The van der Waals surface area contributed by atoms with Crippen molar-refractivity contribution < 1.29 is 4.74 Å². The van der Waals surface area contributed by atoms with Gasteiger partial charge in [0, 0.05) is 31.9 Å². The number of hydrogen-bond acceptors (Lipinski definition) is 9. The summed E-state index contributed by atoms with van der Waals surface area (Å²) in [6.45, 7) is 3.57. The molecular formula is C29H31N7OS2. The first-order valence-electron chi connectivity index (χ1n) is 12.8. The van der Waals surface area contributed by atoms with E-state index < -0.39 is 0 Å². The van der Waals surface area contributed by atoms with Gasteiger partial charge in [-0.25, -0.2) is 0 Å². The summed E-state index contributed by atoms with van der Waals surface area (Å²) < 4.78 is 6.05. The molecule has 1 aromatic heterocycles. The van der Waals surface area contributed by atoms with Crippen molar-refractivity contribution in [1.29, 1.82) is 0 Å². The molecule has 1 aliphatic heterocycles. The molecule has 0 unspecified atom stereocenters. The Labute approximate surface area is 238 Å². The number of aromatic nitrogens is 3. The smallest absolute Gasteiger partial charge is 0.232 e. The Morgan fingerprint density at radius 3 is 2.10 bits per heavy atom. The van der Waals surface area contributed by atoms with Crippen LogP contribution in [0.4, 0.5) is 17.6 Å². The van der Waals surface area contributed by atoms with Crippen molar-refractivity contribution in [2.24, 2.45) is 0 Å². The summed E-state index contributed by atoms with van der Waals surface area (Å²) in [4.78, 5) is 17.9. The number of piperazine rings is 1. The summed E-state index contributed by atoms with van der Waals surface area (Å²) in [5.74, 6) is 2.44. The number of ether oxygens (including phenoxy) is 1. The Balaban J connectivity index is 1.18. The number of methoxy groups -OCH3 is 1. The second-order valence-electron chi connectivity index (χ2n) is 9.09. The van der Waals surface area contributed by atoms with Gasteiger partial charge in [-0.05, 0) is 35.4 Å². The van der Waals surface area contributed by atoms with Crippen LogP contribution in [-0.4, -0.2) is 62.4 Å². The lowest BCUT2D eigenvalue weighted by Crippen LogP contribution is -2.48. The minimum atomic E-state index is 0.170. The van der Waals surface area contributed by atoms with Gasteiger partial charge in [0.05, 0.1) is 18.9 Å². The summed E-state index contributed by atoms with van der Waals surface area (Å²) >= 11 is 7.35. The van der Waals surface area contributed by atoms with Crippen LogP contribution in [0.2, 0.25) is 0 Å². The molecule has 0 atom stereocenters. The quantitative estimate of drug-likeness (QED) is 0.284. The highest BCUT2D eigenvalue weighted by Crippen LogP contribution is 2.30. The fourth-order valence-electron chi connectivity index (χ4n) is 4.63. The van der Waals surface area contributed by atoms with Crippen molar-refractivity contribution in [3.05, 3.63) is 102 Å². The monoisotopic (exact) mass is 557 g/mol. The summed E-state index contributed by atoms with van der Waals surface area (Å²) in [7, 11) is 1.63. The number of rotatable bonds is 8. The number of hydrogen-bond donors (Lipinski definition) is 2. The van der Waals surface area contributed by atoms with E-state index in [4.69, 9.17) is 22.7 Å². The van der Waals surface area contributed by atoms with E-state index in [2.05, 4.69) is 90.7 Å². The van der Waals surface area contributed by atoms with Crippen molar-refractivity contribution in [2.45, 2.75) is 11.8 Å². The van der Waals surface area contributed by atoms with Crippen molar-refractivity contribution >= 4 is 45.9 Å². The van der Waals surface area contributed by atoms with Crippen LogP contribution in [0.15, 0.2) is 84.9 Å². The third-order valence-electron chi connectivity index (χ3n) is 6.54. The first-order valence-corrected chi connectivity index (χ1v) is 14.2. The Bertz CT molecular complexity index is 1330. The van der Waals surface area contributed by atoms with Crippen LogP contribution < -0.4 is 15.8 Å². The number of nitrogens with zero attached hydrogens (tertiary/aromatic N) is 5. The van der Waals surface area contributed by atoms with Crippen molar-refractivity contribution in [1.82, 2.24) is 24.8 Å². The molecule has 8 nitrogen and oxygen atoms in total. The highest BCUT2D eigenvalue weighted by Gasteiger charge is 2.27. The van der Waals surface area contributed by atoms with Gasteiger partial charge in [0.25, 0.3) is 0 Å². The van der Waals surface area contributed by atoms with Crippen molar-refractivity contribution in [3.8, 4) is 5.75 Å². The zero-order valence-electron chi connectivity index (χ0n) is 21.7. The number of anilines is 3. The predicted molar refractivity (Wildman–Crippen MR) is 162 cm³/mol. The molecule has 39 heavy (non-hydrogen) atoms. The predicted octanol–water partition coefficient (Wildman–Crippen LogP) is 5.13. The summed E-state index contributed by atoms with van der Waals surface area (Å²) in [5.41, 5.74) is 9.41. The molecule has 0 aliphatic carbocycles. The SMILES string of the molecule is COc1ccc(Nc2nc(N)nc(CSC(=S)N3CCN(C(c4ccccc4)c4ccccc4)CC3)n2)cc1. The van der Waals surface area contributed by atoms with E-state index in [-0.39, 0.29) is 12.0 Å². The van der Waals surface area contributed by atoms with E-state index in [1.54, 1.807) is 18.9 Å². The number of benzene rings is 3. The maximum Gasteiger partial charge on any atom is 0.232 e. The molecule has 200 valence electrons. The van der Waals surface area contributed by atoms with Crippen LogP contribution in [-0.2, 0) is 5.75 Å². The summed E-state index contributed by atoms with van der Waals surface area (Å²) in [6.07, 6.45) is 0. The second kappa shape index (κ2) is 12.9. The maximum atomic E-state index is 5.97. The second-order valence-corrected chi connectivity index (χ2v) is 10.7. The zero-order valence-corrected chi connectivity index (χ0v) is 23.4. The molecule has 0 amide bonds. The minimum Gasteiger partial charge on any atom is -0.497 e. The molecule has 1 saturated heterocycles. The van der Waals surface area contributed by atoms with Crippen molar-refractivity contribution in [2.75, 3.05) is 44.3 Å². The Morgan fingerprint density at radius 1 is 0.897 bits per heavy atom. The van der Waals surface area contributed by atoms with Gasteiger partial charge in [0.15, 0.2) is 0 Å². The van der Waals surface area contributed by atoms with Gasteiger partial charge in [-0.15, -0.1) is 0 Å². The topological polar surface area (TPSA) is 92.4 Å². The zero-order chi connectivity index (χ0) is 27.0. The van der Waals surface area contributed by atoms with E-state index in [0.717, 1.165) is 41.9 Å². The average molecular weight is 558 g/mol. The molecule has 0 saturated carbocycles. The molecule has 1 aliphatic rings. The molecule has 0 radical (unpaired) electrons. The fraction of sp³-hybridized carbons (Fsp3) is 0.241. The average Bonchev–Trinajstić information content (AvgIpc) is 2.98. The van der Waals surface area contributed by atoms with Gasteiger partial charge in [-0.3, -0.25) is 4.90 Å². The molecular weight excluding hydrogens is 527 g/mol. The minimum absolute atomic E-state index is 0.170. The fourth-order valence-corrected chi connectivity index (χ4v) is 5.73. The third-order valence-corrected chi connectivity index (χ3v) is 8.06. The molecule has 10 heteroatoms. The van der Waals surface area contributed by atoms with Gasteiger partial charge in [0.2, 0.25) is 11.9 Å². The number of thiocarbonyl (C=S) groups is 1. The number of thioether (sulfide) groups is 1. The van der Waals surface area contributed by atoms with E-state index in [9.17, 15) is 0 Å². The van der Waals surface area contributed by atoms with Crippen LogP contribution in [0.3, 0.4) is 0 Å². The van der Waals surface area contributed by atoms with E-state index >= 15 is 0 Å². The highest BCUT2D eigenvalue weighted by molar-refractivity contribution is 8.22. The van der Waals surface area contributed by atoms with Crippen molar-refractivity contribution in [3.63, 3.8) is 0 Å². The Hall–Kier alpha value is -3.73. The normalized spacial score (nSPS) is 13.8. The number of nitrogens with one attached hydrogen (secondary N) is 1. The van der Waals surface area contributed by atoms with Gasteiger partial charge >= 0.3 is 0 Å². The third kappa shape index (κ3) is 7.03. The lowest BCUT2D eigenvalue weighted by atomic mass is 9.96. The molecule has 2 heterocycles. The van der Waals surface area contributed by atoms with Crippen LogP contribution in [0.5, 0.6) is 5.75 Å². The lowest BCUT2D eigenvalue weighted by Gasteiger charge is -2.40. The molecule has 3 aromatic carbocycles. The Morgan fingerprint density at radius 2 is 1.51 bits per heavy atom. The van der Waals surface area contributed by atoms with Gasteiger partial charge in [0.1, 0.15) is 15.9 Å². The lowest BCUT2D eigenvalue weighted by molar-refractivity contribution is 0.153. The summed E-state index contributed by atoms with van der Waals surface area (Å²) in [6, 6.07) is 29.2. The van der Waals surface area contributed by atoms with E-state index in [1.165, 1.54) is 11.1 Å². The molecule has 4 aromatic rings. The first kappa shape index (κ1) is 26.9. The van der Waals surface area contributed by atoms with E-state index in [1.807, 2.05) is 24.3 Å². The summed E-state index contributed by atoms with van der Waals surface area (Å²) in [5, 5.41) is 3.17. The van der Waals surface area contributed by atoms with Crippen LogP contribution in [0, 0.1) is 0 Å².